The molecular weight excluding hydrogens is 585 g/mol. The lowest BCUT2D eigenvalue weighted by atomic mass is 9.93. The maximum Gasteiger partial charge on any atom is 0.265 e. The Balaban J connectivity index is 1.65. The topological polar surface area (TPSA) is 96.9 Å². The molecule has 12 heteroatoms. The second-order valence-corrected chi connectivity index (χ2v) is 11.2. The van der Waals surface area contributed by atoms with Crippen LogP contribution in [0, 0.1) is 28.9 Å². The zero-order valence-electron chi connectivity index (χ0n) is 23.1. The first kappa shape index (κ1) is 29.7. The molecule has 0 aliphatic carbocycles. The summed E-state index contributed by atoms with van der Waals surface area (Å²) in [7, 11) is 0. The lowest BCUT2D eigenvalue weighted by Gasteiger charge is -2.29. The second kappa shape index (κ2) is 12.6. The van der Waals surface area contributed by atoms with Crippen LogP contribution in [0.4, 0.5) is 14.5 Å². The number of rotatable bonds is 10. The Kier molecular flexibility index (Phi) is 8.90. The largest absolute Gasteiger partial charge is 0.482 e. The number of anilines is 1. The number of carbonyl (C=O) groups excluding carboxylic acids is 1. The lowest BCUT2D eigenvalue weighted by molar-refractivity contribution is -0.121. The molecule has 1 aliphatic heterocycles. The summed E-state index contributed by atoms with van der Waals surface area (Å²) in [6, 6.07) is 8.25. The van der Waals surface area contributed by atoms with Crippen molar-refractivity contribution in [1.82, 2.24) is 19.7 Å². The van der Waals surface area contributed by atoms with E-state index < -0.39 is 17.5 Å². The normalized spacial score (nSPS) is 13.1. The Morgan fingerprint density at radius 3 is 2.55 bits per heavy atom. The molecule has 0 bridgehead atoms. The van der Waals surface area contributed by atoms with Crippen molar-refractivity contribution in [1.29, 1.82) is 5.26 Å². The Labute approximate surface area is 251 Å². The standard InChI is InChI=1S/C30H28Cl2F2N6O2/c1-17(2)9-24-21(12-35)29(22-14-37-40(30(22)38-24)20(5-7-31)6-8-32)18-3-4-26-27(10-18)42-16-28(41)39(26)15-25-23(34)11-19(33)13-36-25/h3-4,10-11,13-14,17,20H,5-9,15-16H2,1-2H3. The molecule has 1 amide bonds. The Bertz CT molecular complexity index is 1680. The molecule has 0 unspecified atom stereocenters. The second-order valence-electron chi connectivity index (χ2n) is 10.5. The average molecular weight is 613 g/mol. The van der Waals surface area contributed by atoms with Crippen molar-refractivity contribution < 1.29 is 18.3 Å². The number of ether oxygens (including phenoxy) is 1. The van der Waals surface area contributed by atoms with Gasteiger partial charge in [0.2, 0.25) is 0 Å². The minimum Gasteiger partial charge on any atom is -0.482 e. The minimum absolute atomic E-state index is 0.0652. The van der Waals surface area contributed by atoms with E-state index in [9.17, 15) is 18.8 Å². The molecule has 0 radical (unpaired) electrons. The molecule has 0 spiro atoms. The van der Waals surface area contributed by atoms with Crippen LogP contribution in [0.1, 0.15) is 49.7 Å². The van der Waals surface area contributed by atoms with Gasteiger partial charge in [-0.15, -0.1) is 23.2 Å². The first-order valence-electron chi connectivity index (χ1n) is 13.5. The van der Waals surface area contributed by atoms with Crippen LogP contribution >= 0.6 is 23.2 Å². The Morgan fingerprint density at radius 1 is 1.12 bits per heavy atom. The monoisotopic (exact) mass is 612 g/mol. The van der Waals surface area contributed by atoms with Crippen molar-refractivity contribution in [2.45, 2.75) is 45.7 Å². The van der Waals surface area contributed by atoms with Gasteiger partial charge >= 0.3 is 0 Å². The van der Waals surface area contributed by atoms with Crippen LogP contribution in [0.5, 0.6) is 5.75 Å². The summed E-state index contributed by atoms with van der Waals surface area (Å²) in [4.78, 5) is 22.9. The van der Waals surface area contributed by atoms with Gasteiger partial charge in [-0.1, -0.05) is 19.9 Å². The molecule has 0 fully saturated rings. The molecule has 1 aromatic carbocycles. The predicted molar refractivity (Wildman–Crippen MR) is 157 cm³/mol. The number of amides is 1. The van der Waals surface area contributed by atoms with E-state index in [1.165, 1.54) is 4.90 Å². The van der Waals surface area contributed by atoms with Gasteiger partial charge in [-0.3, -0.25) is 14.7 Å². The van der Waals surface area contributed by atoms with Crippen LogP contribution < -0.4 is 9.64 Å². The summed E-state index contributed by atoms with van der Waals surface area (Å²) in [6.07, 6.45) is 4.49. The van der Waals surface area contributed by atoms with Gasteiger partial charge in [0.1, 0.15) is 23.5 Å². The quantitative estimate of drug-likeness (QED) is 0.188. The van der Waals surface area contributed by atoms with E-state index in [1.807, 2.05) is 4.68 Å². The van der Waals surface area contributed by atoms with Gasteiger partial charge in [0.15, 0.2) is 12.3 Å². The Hall–Kier alpha value is -3.81. The van der Waals surface area contributed by atoms with Gasteiger partial charge in [0, 0.05) is 28.8 Å². The third-order valence-electron chi connectivity index (χ3n) is 7.15. The van der Waals surface area contributed by atoms with Crippen molar-refractivity contribution >= 4 is 45.8 Å². The number of halogens is 4. The molecule has 4 heterocycles. The fourth-order valence-electron chi connectivity index (χ4n) is 5.21. The molecule has 3 aromatic heterocycles. The van der Waals surface area contributed by atoms with E-state index in [0.717, 1.165) is 12.3 Å². The van der Waals surface area contributed by atoms with Crippen LogP contribution in [-0.2, 0) is 17.8 Å². The van der Waals surface area contributed by atoms with Crippen LogP contribution in [0.3, 0.4) is 0 Å². The number of carbonyl (C=O) groups is 1. The van der Waals surface area contributed by atoms with E-state index in [-0.39, 0.29) is 30.8 Å². The number of hydrogen-bond donors (Lipinski definition) is 0. The van der Waals surface area contributed by atoms with E-state index in [0.29, 0.717) is 75.9 Å². The van der Waals surface area contributed by atoms with Crippen molar-refractivity contribution in [3.63, 3.8) is 0 Å². The average Bonchev–Trinajstić information content (AvgIpc) is 3.37. The zero-order chi connectivity index (χ0) is 30.0. The maximum atomic E-state index is 14.4. The minimum atomic E-state index is -0.846. The highest BCUT2D eigenvalue weighted by Gasteiger charge is 2.29. The number of alkyl halides is 2. The zero-order valence-corrected chi connectivity index (χ0v) is 24.6. The number of fused-ring (bicyclic) bond motifs is 2. The molecule has 0 saturated carbocycles. The van der Waals surface area contributed by atoms with Crippen molar-refractivity contribution in [2.24, 2.45) is 5.92 Å². The first-order valence-corrected chi connectivity index (χ1v) is 14.6. The van der Waals surface area contributed by atoms with Crippen molar-refractivity contribution in [2.75, 3.05) is 23.3 Å². The number of aromatic nitrogens is 4. The molecule has 8 nitrogen and oxygen atoms in total. The molecule has 1 aliphatic rings. The van der Waals surface area contributed by atoms with E-state index in [1.54, 1.807) is 24.4 Å². The number of benzene rings is 1. The van der Waals surface area contributed by atoms with E-state index >= 15 is 0 Å². The molecular formula is C30H28Cl2F2N6O2. The predicted octanol–water partition coefficient (Wildman–Crippen LogP) is 6.57. The summed E-state index contributed by atoms with van der Waals surface area (Å²) in [5.74, 6) is -0.567. The Morgan fingerprint density at radius 2 is 1.88 bits per heavy atom. The highest BCUT2D eigenvalue weighted by atomic mass is 35.5. The van der Waals surface area contributed by atoms with Gasteiger partial charge in [-0.2, -0.15) is 10.4 Å². The number of nitrogens with zero attached hydrogens (tertiary/aromatic N) is 6. The van der Waals surface area contributed by atoms with Gasteiger partial charge in [0.05, 0.1) is 47.6 Å². The molecule has 0 saturated heterocycles. The number of hydrogen-bond acceptors (Lipinski definition) is 6. The number of nitriles is 1. The fourth-order valence-corrected chi connectivity index (χ4v) is 5.72. The lowest BCUT2D eigenvalue weighted by Crippen LogP contribution is -2.38. The highest BCUT2D eigenvalue weighted by Crippen LogP contribution is 2.41. The van der Waals surface area contributed by atoms with Crippen LogP contribution in [0.15, 0.2) is 36.7 Å². The van der Waals surface area contributed by atoms with Gasteiger partial charge in [0.25, 0.3) is 5.91 Å². The van der Waals surface area contributed by atoms with E-state index in [2.05, 4.69) is 30.0 Å². The molecule has 5 rings (SSSR count). The summed E-state index contributed by atoms with van der Waals surface area (Å²) in [6.45, 7) is 3.65. The van der Waals surface area contributed by atoms with Crippen LogP contribution in [-0.4, -0.2) is 44.0 Å². The maximum absolute atomic E-state index is 14.4. The summed E-state index contributed by atoms with van der Waals surface area (Å²) >= 11 is 12.2. The highest BCUT2D eigenvalue weighted by molar-refractivity contribution is 6.18. The SMILES string of the molecule is CC(C)Cc1nc2c(cnn2C(CCCl)CCCl)c(-c2ccc3c(c2)OCC(=O)N3Cc2ncc(F)cc2F)c1C#N. The molecule has 218 valence electrons. The van der Waals surface area contributed by atoms with Crippen molar-refractivity contribution in [3.8, 4) is 22.9 Å². The molecule has 0 N–H and O–H groups in total. The fraction of sp³-hybridized carbons (Fsp3) is 0.367. The molecule has 4 aromatic rings. The van der Waals surface area contributed by atoms with Crippen LogP contribution in [0.25, 0.3) is 22.2 Å². The van der Waals surface area contributed by atoms with E-state index in [4.69, 9.17) is 32.9 Å². The third kappa shape index (κ3) is 5.76. The summed E-state index contributed by atoms with van der Waals surface area (Å²) in [5, 5.41) is 15.7. The number of pyridine rings is 2. The summed E-state index contributed by atoms with van der Waals surface area (Å²) in [5.41, 5.74) is 3.39. The smallest absolute Gasteiger partial charge is 0.265 e. The third-order valence-corrected chi connectivity index (χ3v) is 7.58. The summed E-state index contributed by atoms with van der Waals surface area (Å²) < 4.78 is 35.4. The van der Waals surface area contributed by atoms with Gasteiger partial charge < -0.3 is 4.74 Å². The first-order chi connectivity index (χ1) is 20.2. The van der Waals surface area contributed by atoms with Gasteiger partial charge in [-0.25, -0.2) is 18.4 Å². The van der Waals surface area contributed by atoms with Crippen LogP contribution in [0.2, 0.25) is 0 Å². The molecule has 0 atom stereocenters. The van der Waals surface area contributed by atoms with Gasteiger partial charge in [-0.05, 0) is 42.9 Å². The van der Waals surface area contributed by atoms with Crippen molar-refractivity contribution in [3.05, 3.63) is 65.2 Å². The molecule has 42 heavy (non-hydrogen) atoms.